The zero-order valence-electron chi connectivity index (χ0n) is 10.4. The monoisotopic (exact) mass is 263 g/mol. The standard InChI is InChI=1S/C13H17N3OS/c1-17-7-3-6-15-13(18)16-10-12-5-2-4-11(8-12)9-14/h2,4-5,8H,3,6-7,10H2,1H3,(H2,15,16,18). The average molecular weight is 263 g/mol. The molecule has 0 aliphatic rings. The van der Waals surface area contributed by atoms with Gasteiger partial charge in [0.1, 0.15) is 0 Å². The van der Waals surface area contributed by atoms with Gasteiger partial charge in [-0.15, -0.1) is 0 Å². The zero-order valence-corrected chi connectivity index (χ0v) is 11.2. The smallest absolute Gasteiger partial charge is 0.166 e. The van der Waals surface area contributed by atoms with Crippen LogP contribution in [0.3, 0.4) is 0 Å². The molecule has 0 heterocycles. The molecule has 96 valence electrons. The van der Waals surface area contributed by atoms with Crippen molar-refractivity contribution in [3.05, 3.63) is 35.4 Å². The van der Waals surface area contributed by atoms with Crippen LogP contribution in [0.15, 0.2) is 24.3 Å². The summed E-state index contributed by atoms with van der Waals surface area (Å²) < 4.78 is 4.94. The number of methoxy groups -OCH3 is 1. The molecular formula is C13H17N3OS. The molecule has 0 fully saturated rings. The van der Waals surface area contributed by atoms with Gasteiger partial charge in [-0.25, -0.2) is 0 Å². The molecule has 1 aromatic rings. The van der Waals surface area contributed by atoms with E-state index >= 15 is 0 Å². The van der Waals surface area contributed by atoms with Crippen molar-refractivity contribution < 1.29 is 4.74 Å². The molecule has 0 aliphatic heterocycles. The van der Waals surface area contributed by atoms with E-state index in [1.165, 1.54) is 0 Å². The van der Waals surface area contributed by atoms with Crippen LogP contribution in [-0.2, 0) is 11.3 Å². The molecule has 0 amide bonds. The van der Waals surface area contributed by atoms with Crippen molar-refractivity contribution in [2.24, 2.45) is 0 Å². The van der Waals surface area contributed by atoms with Gasteiger partial charge in [0.25, 0.3) is 0 Å². The predicted octanol–water partition coefficient (Wildman–Crippen LogP) is 1.56. The van der Waals surface area contributed by atoms with Gasteiger partial charge in [0, 0.05) is 26.8 Å². The highest BCUT2D eigenvalue weighted by Gasteiger charge is 1.97. The number of thiocarbonyl (C=S) groups is 1. The summed E-state index contributed by atoms with van der Waals surface area (Å²) in [6, 6.07) is 9.57. The minimum atomic E-state index is 0.617. The average Bonchev–Trinajstić information content (AvgIpc) is 2.41. The second kappa shape index (κ2) is 8.45. The SMILES string of the molecule is COCCCNC(=S)NCc1cccc(C#N)c1. The zero-order chi connectivity index (χ0) is 13.2. The summed E-state index contributed by atoms with van der Waals surface area (Å²) in [5.74, 6) is 0. The fraction of sp³-hybridized carbons (Fsp3) is 0.385. The summed E-state index contributed by atoms with van der Waals surface area (Å²) in [5, 5.41) is 15.6. The van der Waals surface area contributed by atoms with Gasteiger partial charge in [-0.05, 0) is 36.3 Å². The van der Waals surface area contributed by atoms with Crippen LogP contribution in [0.2, 0.25) is 0 Å². The highest BCUT2D eigenvalue weighted by atomic mass is 32.1. The Bertz CT molecular complexity index is 428. The van der Waals surface area contributed by atoms with Crippen LogP contribution in [0, 0.1) is 11.3 Å². The molecule has 2 N–H and O–H groups in total. The van der Waals surface area contributed by atoms with E-state index in [1.807, 2.05) is 18.2 Å². The summed E-state index contributed by atoms with van der Waals surface area (Å²) in [5.41, 5.74) is 1.70. The van der Waals surface area contributed by atoms with Crippen molar-refractivity contribution in [3.8, 4) is 6.07 Å². The minimum absolute atomic E-state index is 0.617. The van der Waals surface area contributed by atoms with Gasteiger partial charge in [0.05, 0.1) is 11.6 Å². The summed E-state index contributed by atoms with van der Waals surface area (Å²) >= 11 is 5.14. The lowest BCUT2D eigenvalue weighted by Gasteiger charge is -2.10. The number of hydrogen-bond acceptors (Lipinski definition) is 3. The van der Waals surface area contributed by atoms with Gasteiger partial charge in [0.2, 0.25) is 0 Å². The lowest BCUT2D eigenvalue weighted by Crippen LogP contribution is -2.35. The maximum Gasteiger partial charge on any atom is 0.166 e. The number of ether oxygens (including phenoxy) is 1. The van der Waals surface area contributed by atoms with Crippen LogP contribution in [0.1, 0.15) is 17.5 Å². The molecule has 0 aliphatic carbocycles. The van der Waals surface area contributed by atoms with E-state index in [1.54, 1.807) is 13.2 Å². The lowest BCUT2D eigenvalue weighted by molar-refractivity contribution is 0.195. The van der Waals surface area contributed by atoms with E-state index in [2.05, 4.69) is 16.7 Å². The molecule has 5 heteroatoms. The Morgan fingerprint density at radius 1 is 1.44 bits per heavy atom. The molecule has 0 saturated carbocycles. The normalized spacial score (nSPS) is 9.56. The van der Waals surface area contributed by atoms with Crippen molar-refractivity contribution in [2.45, 2.75) is 13.0 Å². The van der Waals surface area contributed by atoms with Gasteiger partial charge in [-0.3, -0.25) is 0 Å². The molecule has 0 aromatic heterocycles. The molecular weight excluding hydrogens is 246 g/mol. The predicted molar refractivity (Wildman–Crippen MR) is 75.1 cm³/mol. The molecule has 1 aromatic carbocycles. The molecule has 0 unspecified atom stereocenters. The fourth-order valence-electron chi connectivity index (χ4n) is 1.41. The Balaban J connectivity index is 2.27. The van der Waals surface area contributed by atoms with E-state index in [-0.39, 0.29) is 0 Å². The van der Waals surface area contributed by atoms with E-state index in [0.29, 0.717) is 17.2 Å². The van der Waals surface area contributed by atoms with Crippen molar-refractivity contribution in [2.75, 3.05) is 20.3 Å². The third kappa shape index (κ3) is 5.62. The lowest BCUT2D eigenvalue weighted by atomic mass is 10.1. The van der Waals surface area contributed by atoms with Crippen molar-refractivity contribution >= 4 is 17.3 Å². The molecule has 0 saturated heterocycles. The Morgan fingerprint density at radius 3 is 3.00 bits per heavy atom. The Kier molecular flexibility index (Phi) is 6.77. The van der Waals surface area contributed by atoms with Gasteiger partial charge in [-0.2, -0.15) is 5.26 Å². The quantitative estimate of drug-likeness (QED) is 0.602. The van der Waals surface area contributed by atoms with Crippen LogP contribution in [0.25, 0.3) is 0 Å². The highest BCUT2D eigenvalue weighted by Crippen LogP contribution is 2.03. The maximum atomic E-state index is 8.79. The van der Waals surface area contributed by atoms with Gasteiger partial charge >= 0.3 is 0 Å². The highest BCUT2D eigenvalue weighted by molar-refractivity contribution is 7.80. The minimum Gasteiger partial charge on any atom is -0.385 e. The molecule has 4 nitrogen and oxygen atoms in total. The Morgan fingerprint density at radius 2 is 2.28 bits per heavy atom. The summed E-state index contributed by atoms with van der Waals surface area (Å²) in [6.07, 6.45) is 0.919. The largest absolute Gasteiger partial charge is 0.385 e. The number of rotatable bonds is 6. The Labute approximate surface area is 113 Å². The second-order valence-corrected chi connectivity index (χ2v) is 4.18. The summed E-state index contributed by atoms with van der Waals surface area (Å²) in [7, 11) is 1.68. The molecule has 0 bridgehead atoms. The van der Waals surface area contributed by atoms with E-state index in [9.17, 15) is 0 Å². The second-order valence-electron chi connectivity index (χ2n) is 3.77. The van der Waals surface area contributed by atoms with E-state index in [4.69, 9.17) is 22.2 Å². The van der Waals surface area contributed by atoms with Crippen LogP contribution in [-0.4, -0.2) is 25.4 Å². The third-order valence-corrected chi connectivity index (χ3v) is 2.61. The van der Waals surface area contributed by atoms with Crippen LogP contribution in [0.5, 0.6) is 0 Å². The summed E-state index contributed by atoms with van der Waals surface area (Å²) in [4.78, 5) is 0. The first-order valence-corrected chi connectivity index (χ1v) is 6.16. The molecule has 1 rings (SSSR count). The van der Waals surface area contributed by atoms with Gasteiger partial charge in [-0.1, -0.05) is 12.1 Å². The third-order valence-electron chi connectivity index (χ3n) is 2.32. The maximum absolute atomic E-state index is 8.79. The Hall–Kier alpha value is -1.64. The van der Waals surface area contributed by atoms with E-state index < -0.39 is 0 Å². The molecule has 0 atom stereocenters. The number of benzene rings is 1. The molecule has 18 heavy (non-hydrogen) atoms. The van der Waals surface area contributed by atoms with Crippen molar-refractivity contribution in [3.63, 3.8) is 0 Å². The number of nitriles is 1. The number of nitrogens with zero attached hydrogens (tertiary/aromatic N) is 1. The van der Waals surface area contributed by atoms with E-state index in [0.717, 1.165) is 25.1 Å². The summed E-state index contributed by atoms with van der Waals surface area (Å²) in [6.45, 7) is 2.13. The molecule has 0 radical (unpaired) electrons. The van der Waals surface area contributed by atoms with Crippen LogP contribution >= 0.6 is 12.2 Å². The number of hydrogen-bond donors (Lipinski definition) is 2. The topological polar surface area (TPSA) is 57.1 Å². The fourth-order valence-corrected chi connectivity index (χ4v) is 1.59. The van der Waals surface area contributed by atoms with Crippen molar-refractivity contribution in [1.29, 1.82) is 5.26 Å². The number of nitrogens with one attached hydrogen (secondary N) is 2. The van der Waals surface area contributed by atoms with Crippen LogP contribution < -0.4 is 10.6 Å². The van der Waals surface area contributed by atoms with Crippen molar-refractivity contribution in [1.82, 2.24) is 10.6 Å². The molecule has 0 spiro atoms. The van der Waals surface area contributed by atoms with Crippen LogP contribution in [0.4, 0.5) is 0 Å². The van der Waals surface area contributed by atoms with Gasteiger partial charge in [0.15, 0.2) is 5.11 Å². The first kappa shape index (κ1) is 14.4. The first-order valence-electron chi connectivity index (χ1n) is 5.76. The van der Waals surface area contributed by atoms with Gasteiger partial charge < -0.3 is 15.4 Å². The first-order chi connectivity index (χ1) is 8.76.